The number of sulfonamides is 1. The second-order valence-electron chi connectivity index (χ2n) is 8.51. The van der Waals surface area contributed by atoms with E-state index < -0.39 is 21.8 Å². The Morgan fingerprint density at radius 1 is 0.921 bits per heavy atom. The number of amides is 1. The summed E-state index contributed by atoms with van der Waals surface area (Å²) in [5, 5.41) is 0. The molecule has 1 aliphatic heterocycles. The Hall–Kier alpha value is -3.93. The first kappa shape index (κ1) is 27.1. The van der Waals surface area contributed by atoms with Crippen LogP contribution in [0, 0.1) is 0 Å². The van der Waals surface area contributed by atoms with Crippen LogP contribution in [0.25, 0.3) is 0 Å². The highest BCUT2D eigenvalue weighted by atomic mass is 32.2. The fourth-order valence-electron chi connectivity index (χ4n) is 3.94. The molecular weight excluding hydrogens is 523 g/mol. The van der Waals surface area contributed by atoms with E-state index in [1.54, 1.807) is 40.1 Å². The van der Waals surface area contributed by atoms with Crippen LogP contribution in [0.5, 0.6) is 11.5 Å². The fourth-order valence-corrected chi connectivity index (χ4v) is 4.99. The molecule has 1 N–H and O–H groups in total. The smallest absolute Gasteiger partial charge is 0.416 e. The van der Waals surface area contributed by atoms with E-state index in [1.807, 2.05) is 0 Å². The van der Waals surface area contributed by atoms with Gasteiger partial charge in [0.15, 0.2) is 6.61 Å². The number of hydrogen-bond donors (Lipinski definition) is 1. The first-order valence-electron chi connectivity index (χ1n) is 11.6. The van der Waals surface area contributed by atoms with E-state index in [1.165, 1.54) is 37.4 Å². The predicted molar refractivity (Wildman–Crippen MR) is 136 cm³/mol. The monoisotopic (exact) mass is 549 g/mol. The molecular formula is C26H26F3N3O5S. The maximum absolute atomic E-state index is 13.0. The van der Waals surface area contributed by atoms with Gasteiger partial charge < -0.3 is 19.3 Å². The number of carbonyl (C=O) groups excluding carboxylic acids is 1. The molecule has 0 bridgehead atoms. The molecule has 38 heavy (non-hydrogen) atoms. The van der Waals surface area contributed by atoms with Gasteiger partial charge >= 0.3 is 6.18 Å². The van der Waals surface area contributed by atoms with Gasteiger partial charge in [0.2, 0.25) is 0 Å². The lowest BCUT2D eigenvalue weighted by Crippen LogP contribution is -2.50. The van der Waals surface area contributed by atoms with E-state index in [-0.39, 0.29) is 17.4 Å². The lowest BCUT2D eigenvalue weighted by Gasteiger charge is -2.36. The number of halogens is 3. The average Bonchev–Trinajstić information content (AvgIpc) is 2.91. The number of anilines is 2. The summed E-state index contributed by atoms with van der Waals surface area (Å²) in [6.45, 7) is 1.20. The average molecular weight is 550 g/mol. The molecule has 0 aliphatic carbocycles. The number of carbonyl (C=O) groups is 1. The number of nitrogens with zero attached hydrogens (tertiary/aromatic N) is 2. The van der Waals surface area contributed by atoms with Crippen molar-refractivity contribution in [3.63, 3.8) is 0 Å². The molecule has 202 valence electrons. The SMILES string of the molecule is COc1cccc(NS(=O)(=O)c2ccc(OCC(=O)N3CCN(c4cccc(C(F)(F)F)c4)CC3)cc2)c1. The van der Waals surface area contributed by atoms with Crippen LogP contribution < -0.4 is 19.1 Å². The number of rotatable bonds is 8. The van der Waals surface area contributed by atoms with Gasteiger partial charge in [-0.1, -0.05) is 12.1 Å². The van der Waals surface area contributed by atoms with Crippen molar-refractivity contribution in [2.75, 3.05) is 49.5 Å². The molecule has 4 rings (SSSR count). The molecule has 0 aromatic heterocycles. The van der Waals surface area contributed by atoms with Crippen molar-refractivity contribution in [3.05, 3.63) is 78.4 Å². The standard InChI is InChI=1S/C26H26F3N3O5S/c1-36-23-7-3-5-20(17-23)30-38(34,35)24-10-8-22(9-11-24)37-18-25(33)32-14-12-31(13-15-32)21-6-2-4-19(16-21)26(27,28)29/h2-11,16-17,30H,12-15,18H2,1H3. The van der Waals surface area contributed by atoms with E-state index >= 15 is 0 Å². The molecule has 8 nitrogen and oxygen atoms in total. The highest BCUT2D eigenvalue weighted by molar-refractivity contribution is 7.92. The Bertz CT molecular complexity index is 1370. The number of methoxy groups -OCH3 is 1. The normalized spacial score (nSPS) is 14.2. The Morgan fingerprint density at radius 2 is 1.61 bits per heavy atom. The van der Waals surface area contributed by atoms with E-state index in [0.717, 1.165) is 12.1 Å². The predicted octanol–water partition coefficient (Wildman–Crippen LogP) is 4.24. The number of hydrogen-bond acceptors (Lipinski definition) is 6. The highest BCUT2D eigenvalue weighted by Crippen LogP contribution is 2.32. The maximum atomic E-state index is 13.0. The molecule has 12 heteroatoms. The van der Waals surface area contributed by atoms with Gasteiger partial charge in [0.25, 0.3) is 15.9 Å². The summed E-state index contributed by atoms with van der Waals surface area (Å²) in [6, 6.07) is 17.3. The van der Waals surface area contributed by atoms with Crippen molar-refractivity contribution >= 4 is 27.3 Å². The Morgan fingerprint density at radius 3 is 2.26 bits per heavy atom. The summed E-state index contributed by atoms with van der Waals surface area (Å²) >= 11 is 0. The molecule has 0 saturated carbocycles. The van der Waals surface area contributed by atoms with Gasteiger partial charge in [-0.05, 0) is 54.6 Å². The zero-order chi connectivity index (χ0) is 27.3. The van der Waals surface area contributed by atoms with E-state index in [4.69, 9.17) is 9.47 Å². The van der Waals surface area contributed by atoms with Crippen molar-refractivity contribution in [1.29, 1.82) is 0 Å². The molecule has 1 amide bonds. The topological polar surface area (TPSA) is 88.2 Å². The molecule has 0 radical (unpaired) electrons. The molecule has 3 aromatic carbocycles. The summed E-state index contributed by atoms with van der Waals surface area (Å²) in [5.41, 5.74) is 0.0966. The number of benzene rings is 3. The van der Waals surface area contributed by atoms with Gasteiger partial charge in [0.05, 0.1) is 23.3 Å². The van der Waals surface area contributed by atoms with Gasteiger partial charge in [-0.15, -0.1) is 0 Å². The van der Waals surface area contributed by atoms with Gasteiger partial charge in [0.1, 0.15) is 11.5 Å². The minimum absolute atomic E-state index is 0.0183. The highest BCUT2D eigenvalue weighted by Gasteiger charge is 2.31. The second-order valence-corrected chi connectivity index (χ2v) is 10.2. The van der Waals surface area contributed by atoms with Gasteiger partial charge in [-0.2, -0.15) is 13.2 Å². The van der Waals surface area contributed by atoms with E-state index in [0.29, 0.717) is 49.1 Å². The van der Waals surface area contributed by atoms with Crippen LogP contribution in [0.15, 0.2) is 77.7 Å². The molecule has 1 aliphatic rings. The van der Waals surface area contributed by atoms with Crippen LogP contribution in [-0.2, 0) is 21.0 Å². The van der Waals surface area contributed by atoms with Crippen LogP contribution in [0.3, 0.4) is 0 Å². The van der Waals surface area contributed by atoms with Gasteiger partial charge in [-0.3, -0.25) is 9.52 Å². The summed E-state index contributed by atoms with van der Waals surface area (Å²) in [4.78, 5) is 16.0. The van der Waals surface area contributed by atoms with Crippen LogP contribution in [0.2, 0.25) is 0 Å². The summed E-state index contributed by atoms with van der Waals surface area (Å²) in [6.07, 6.45) is -4.42. The number of nitrogens with one attached hydrogen (secondary N) is 1. The summed E-state index contributed by atoms with van der Waals surface area (Å²) < 4.78 is 77.5. The maximum Gasteiger partial charge on any atom is 0.416 e. The molecule has 1 heterocycles. The van der Waals surface area contributed by atoms with Crippen LogP contribution in [0.4, 0.5) is 24.5 Å². The first-order valence-corrected chi connectivity index (χ1v) is 13.1. The largest absolute Gasteiger partial charge is 0.497 e. The molecule has 0 unspecified atom stereocenters. The Balaban J connectivity index is 1.28. The molecule has 0 spiro atoms. The lowest BCUT2D eigenvalue weighted by atomic mass is 10.1. The van der Waals surface area contributed by atoms with Crippen molar-refractivity contribution in [2.45, 2.75) is 11.1 Å². The first-order chi connectivity index (χ1) is 18.0. The van der Waals surface area contributed by atoms with Crippen molar-refractivity contribution < 1.29 is 35.9 Å². The second kappa shape index (κ2) is 11.2. The number of ether oxygens (including phenoxy) is 2. The molecule has 1 fully saturated rings. The van der Waals surface area contributed by atoms with Crippen LogP contribution in [0.1, 0.15) is 5.56 Å². The third kappa shape index (κ3) is 6.68. The minimum Gasteiger partial charge on any atom is -0.497 e. The zero-order valence-electron chi connectivity index (χ0n) is 20.4. The molecule has 3 aromatic rings. The van der Waals surface area contributed by atoms with Crippen molar-refractivity contribution in [2.24, 2.45) is 0 Å². The molecule has 1 saturated heterocycles. The quantitative estimate of drug-likeness (QED) is 0.452. The summed E-state index contributed by atoms with van der Waals surface area (Å²) in [7, 11) is -2.36. The molecule has 0 atom stereocenters. The van der Waals surface area contributed by atoms with Gasteiger partial charge in [-0.25, -0.2) is 8.42 Å². The summed E-state index contributed by atoms with van der Waals surface area (Å²) in [5.74, 6) is 0.557. The third-order valence-corrected chi connectivity index (χ3v) is 7.39. The number of piperazine rings is 1. The van der Waals surface area contributed by atoms with E-state index in [9.17, 15) is 26.4 Å². The van der Waals surface area contributed by atoms with Crippen molar-refractivity contribution in [1.82, 2.24) is 4.90 Å². The zero-order valence-corrected chi connectivity index (χ0v) is 21.3. The van der Waals surface area contributed by atoms with Crippen LogP contribution >= 0.6 is 0 Å². The fraction of sp³-hybridized carbons (Fsp3) is 0.269. The Labute approximate surface area is 218 Å². The van der Waals surface area contributed by atoms with E-state index in [2.05, 4.69) is 4.72 Å². The minimum atomic E-state index is -4.42. The Kier molecular flexibility index (Phi) is 8.00. The third-order valence-electron chi connectivity index (χ3n) is 5.99. The lowest BCUT2D eigenvalue weighted by molar-refractivity contribution is -0.137. The van der Waals surface area contributed by atoms with Crippen LogP contribution in [-0.4, -0.2) is 59.1 Å². The number of alkyl halides is 3. The van der Waals surface area contributed by atoms with Crippen molar-refractivity contribution in [3.8, 4) is 11.5 Å². The van der Waals surface area contributed by atoms with Gasteiger partial charge in [0, 0.05) is 37.9 Å².